The minimum atomic E-state index is -4.51. The number of nitrogens with zero attached hydrogens (tertiary/aromatic N) is 4. The highest BCUT2D eigenvalue weighted by atomic mass is 32.2. The molecule has 0 spiro atoms. The van der Waals surface area contributed by atoms with Crippen molar-refractivity contribution in [1.82, 2.24) is 19.5 Å². The van der Waals surface area contributed by atoms with E-state index >= 15 is 0 Å². The number of anilines is 1. The van der Waals surface area contributed by atoms with Crippen molar-refractivity contribution in [3.8, 4) is 0 Å². The van der Waals surface area contributed by atoms with Gasteiger partial charge in [-0.3, -0.25) is 0 Å². The number of rotatable bonds is 4. The van der Waals surface area contributed by atoms with Crippen molar-refractivity contribution in [2.75, 3.05) is 11.9 Å². The first kappa shape index (κ1) is 14.6. The number of hydrogen-bond donors (Lipinski definition) is 1. The van der Waals surface area contributed by atoms with Crippen LogP contribution in [0.4, 0.5) is 19.1 Å². The van der Waals surface area contributed by atoms with Crippen molar-refractivity contribution in [2.45, 2.75) is 23.3 Å². The summed E-state index contributed by atoms with van der Waals surface area (Å²) in [7, 11) is 1.76. The molecule has 2 aromatic rings. The van der Waals surface area contributed by atoms with Crippen LogP contribution in [0.3, 0.4) is 0 Å². The molecule has 0 aliphatic heterocycles. The van der Waals surface area contributed by atoms with E-state index in [0.717, 1.165) is 17.8 Å². The smallest absolute Gasteiger partial charge is 0.354 e. The minimum Gasteiger partial charge on any atom is -0.354 e. The van der Waals surface area contributed by atoms with Gasteiger partial charge in [0.05, 0.1) is 0 Å². The van der Waals surface area contributed by atoms with Gasteiger partial charge < -0.3 is 9.88 Å². The highest BCUT2D eigenvalue weighted by Gasteiger charge is 2.33. The molecule has 0 fully saturated rings. The third-order valence-corrected chi connectivity index (χ3v) is 3.30. The maximum absolute atomic E-state index is 12.8. The second-order valence-electron chi connectivity index (χ2n) is 3.87. The number of nitrogens with one attached hydrogen (secondary N) is 1. The van der Waals surface area contributed by atoms with Gasteiger partial charge in [-0.25, -0.2) is 15.0 Å². The Balaban J connectivity index is 2.36. The molecule has 0 saturated heterocycles. The average Bonchev–Trinajstić information content (AvgIpc) is 2.74. The number of hydrogen-bond acceptors (Lipinski definition) is 5. The summed E-state index contributed by atoms with van der Waals surface area (Å²) in [6.07, 6.45) is -1.23. The van der Waals surface area contributed by atoms with Crippen LogP contribution in [0.1, 0.15) is 12.6 Å². The number of alkyl halides is 3. The number of aromatic nitrogens is 4. The van der Waals surface area contributed by atoms with E-state index < -0.39 is 11.9 Å². The summed E-state index contributed by atoms with van der Waals surface area (Å²) < 4.78 is 40.1. The average molecular weight is 303 g/mol. The molecule has 2 aromatic heterocycles. The number of imidazole rings is 1. The lowest BCUT2D eigenvalue weighted by Gasteiger charge is -2.10. The van der Waals surface area contributed by atoms with Crippen LogP contribution in [0.2, 0.25) is 0 Å². The second-order valence-corrected chi connectivity index (χ2v) is 4.85. The van der Waals surface area contributed by atoms with Gasteiger partial charge in [0.2, 0.25) is 5.95 Å². The van der Waals surface area contributed by atoms with E-state index in [1.165, 1.54) is 0 Å². The molecule has 108 valence electrons. The molecule has 0 unspecified atom stereocenters. The predicted molar refractivity (Wildman–Crippen MR) is 68.5 cm³/mol. The van der Waals surface area contributed by atoms with Gasteiger partial charge in [0.25, 0.3) is 0 Å². The maximum atomic E-state index is 12.8. The van der Waals surface area contributed by atoms with E-state index in [1.54, 1.807) is 30.9 Å². The molecule has 0 radical (unpaired) electrons. The molecular weight excluding hydrogens is 291 g/mol. The molecule has 0 aliphatic rings. The fourth-order valence-electron chi connectivity index (χ4n) is 1.40. The SMILES string of the molecule is CCNc1nc(Sc2nccn2C)cc(C(F)(F)F)n1. The monoisotopic (exact) mass is 303 g/mol. The maximum Gasteiger partial charge on any atom is 0.433 e. The largest absolute Gasteiger partial charge is 0.433 e. The Hall–Kier alpha value is -1.77. The first-order valence-corrected chi connectivity index (χ1v) is 6.57. The van der Waals surface area contributed by atoms with Crippen LogP contribution < -0.4 is 5.32 Å². The van der Waals surface area contributed by atoms with Crippen molar-refractivity contribution < 1.29 is 13.2 Å². The summed E-state index contributed by atoms with van der Waals surface area (Å²) in [5.41, 5.74) is -0.972. The highest BCUT2D eigenvalue weighted by molar-refractivity contribution is 7.99. The number of aryl methyl sites for hydroxylation is 1. The lowest BCUT2D eigenvalue weighted by Crippen LogP contribution is -2.12. The molecule has 0 aromatic carbocycles. The summed E-state index contributed by atoms with van der Waals surface area (Å²) >= 11 is 1.05. The van der Waals surface area contributed by atoms with Gasteiger partial charge in [-0.05, 0) is 18.7 Å². The third kappa shape index (κ3) is 3.41. The Morgan fingerprint density at radius 2 is 2.10 bits per heavy atom. The molecule has 0 atom stereocenters. The molecule has 0 bridgehead atoms. The topological polar surface area (TPSA) is 55.6 Å². The zero-order valence-electron chi connectivity index (χ0n) is 10.8. The van der Waals surface area contributed by atoms with Gasteiger partial charge in [0.15, 0.2) is 10.9 Å². The number of halogens is 3. The highest BCUT2D eigenvalue weighted by Crippen LogP contribution is 2.32. The minimum absolute atomic E-state index is 0.0426. The van der Waals surface area contributed by atoms with Gasteiger partial charge in [-0.2, -0.15) is 13.2 Å². The zero-order valence-corrected chi connectivity index (χ0v) is 11.6. The van der Waals surface area contributed by atoms with Crippen LogP contribution in [-0.2, 0) is 13.2 Å². The van der Waals surface area contributed by atoms with Gasteiger partial charge in [0.1, 0.15) is 5.03 Å². The van der Waals surface area contributed by atoms with Crippen LogP contribution in [0.25, 0.3) is 0 Å². The van der Waals surface area contributed by atoms with Gasteiger partial charge >= 0.3 is 6.18 Å². The Bertz CT molecular complexity index is 596. The Labute approximate surface area is 117 Å². The Morgan fingerprint density at radius 3 is 2.65 bits per heavy atom. The summed E-state index contributed by atoms with van der Waals surface area (Å²) in [6.45, 7) is 2.20. The van der Waals surface area contributed by atoms with Crippen molar-refractivity contribution in [1.29, 1.82) is 0 Å². The van der Waals surface area contributed by atoms with E-state index in [9.17, 15) is 13.2 Å². The van der Waals surface area contributed by atoms with E-state index in [-0.39, 0.29) is 11.0 Å². The lowest BCUT2D eigenvalue weighted by molar-refractivity contribution is -0.141. The molecule has 20 heavy (non-hydrogen) atoms. The van der Waals surface area contributed by atoms with Crippen LogP contribution >= 0.6 is 11.8 Å². The molecule has 1 N–H and O–H groups in total. The van der Waals surface area contributed by atoms with Crippen molar-refractivity contribution in [3.05, 3.63) is 24.2 Å². The predicted octanol–water partition coefficient (Wildman–Crippen LogP) is 2.81. The fourth-order valence-corrected chi connectivity index (χ4v) is 2.21. The molecule has 0 saturated carbocycles. The van der Waals surface area contributed by atoms with Crippen LogP contribution in [0.15, 0.2) is 28.6 Å². The fraction of sp³-hybridized carbons (Fsp3) is 0.364. The van der Waals surface area contributed by atoms with Crippen LogP contribution in [-0.4, -0.2) is 26.1 Å². The van der Waals surface area contributed by atoms with E-state index in [1.807, 2.05) is 0 Å². The van der Waals surface area contributed by atoms with Crippen molar-refractivity contribution in [2.24, 2.45) is 7.05 Å². The molecule has 5 nitrogen and oxygen atoms in total. The van der Waals surface area contributed by atoms with Crippen molar-refractivity contribution in [3.63, 3.8) is 0 Å². The summed E-state index contributed by atoms with van der Waals surface area (Å²) in [5, 5.41) is 3.44. The second kappa shape index (κ2) is 5.70. The van der Waals surface area contributed by atoms with Gasteiger partial charge in [0, 0.05) is 32.1 Å². The summed E-state index contributed by atoms with van der Waals surface area (Å²) in [4.78, 5) is 11.5. The lowest BCUT2D eigenvalue weighted by atomic mass is 10.4. The van der Waals surface area contributed by atoms with Crippen LogP contribution in [0.5, 0.6) is 0 Å². The Kier molecular flexibility index (Phi) is 4.17. The zero-order chi connectivity index (χ0) is 14.8. The van der Waals surface area contributed by atoms with Crippen LogP contribution in [0, 0.1) is 0 Å². The van der Waals surface area contributed by atoms with E-state index in [4.69, 9.17) is 0 Å². The molecule has 2 heterocycles. The van der Waals surface area contributed by atoms with E-state index in [0.29, 0.717) is 11.7 Å². The quantitative estimate of drug-likeness (QED) is 0.880. The van der Waals surface area contributed by atoms with Gasteiger partial charge in [-0.15, -0.1) is 0 Å². The molecule has 0 aliphatic carbocycles. The van der Waals surface area contributed by atoms with E-state index in [2.05, 4.69) is 20.3 Å². The summed E-state index contributed by atoms with van der Waals surface area (Å²) in [5.74, 6) is -0.0426. The normalized spacial score (nSPS) is 11.7. The molecule has 9 heteroatoms. The molecule has 0 amide bonds. The standard InChI is InChI=1S/C11H12F3N5S/c1-3-15-9-17-7(11(12,13)14)6-8(18-9)20-10-16-4-5-19(10)2/h4-6H,3H2,1-2H3,(H,15,17,18). The first-order chi connectivity index (χ1) is 9.40. The molecule has 2 rings (SSSR count). The van der Waals surface area contributed by atoms with Gasteiger partial charge in [-0.1, -0.05) is 0 Å². The third-order valence-electron chi connectivity index (χ3n) is 2.30. The molecular formula is C11H12F3N5S. The Morgan fingerprint density at radius 1 is 1.35 bits per heavy atom. The van der Waals surface area contributed by atoms with Crippen molar-refractivity contribution >= 4 is 17.7 Å². The summed E-state index contributed by atoms with van der Waals surface area (Å²) in [6, 6.07) is 0.917. The first-order valence-electron chi connectivity index (χ1n) is 5.75.